The summed E-state index contributed by atoms with van der Waals surface area (Å²) in [5.41, 5.74) is 1.52. The van der Waals surface area contributed by atoms with Crippen LogP contribution in [0.15, 0.2) is 88.9 Å². The number of nitrogens with zero attached hydrogens (tertiary/aromatic N) is 3. The second-order valence-electron chi connectivity index (χ2n) is 6.38. The number of hydrogen-bond acceptors (Lipinski definition) is 5. The van der Waals surface area contributed by atoms with Gasteiger partial charge in [0.1, 0.15) is 5.82 Å². The number of hydrogen-bond donors (Lipinski definition) is 0. The predicted octanol–water partition coefficient (Wildman–Crippen LogP) is 5.98. The highest BCUT2D eigenvalue weighted by Gasteiger charge is 2.19. The molecular weight excluding hydrogens is 417 g/mol. The number of carbonyl (C=O) groups excluding carboxylic acids is 1. The number of halogens is 1. The third-order valence-corrected chi connectivity index (χ3v) is 6.21. The largest absolute Gasteiger partial charge is 0.272 e. The van der Waals surface area contributed by atoms with E-state index < -0.39 is 0 Å². The van der Waals surface area contributed by atoms with Gasteiger partial charge in [-0.05, 0) is 35.9 Å². The normalized spacial score (nSPS) is 11.2. The fourth-order valence-electron chi connectivity index (χ4n) is 2.74. The van der Waals surface area contributed by atoms with Crippen LogP contribution in [-0.4, -0.2) is 22.9 Å². The first-order valence-corrected chi connectivity index (χ1v) is 11.2. The third kappa shape index (κ3) is 5.11. The van der Waals surface area contributed by atoms with Gasteiger partial charge in [-0.3, -0.25) is 4.79 Å². The number of fused-ring (bicyclic) bond motifs is 1. The van der Waals surface area contributed by atoms with Crippen molar-refractivity contribution < 1.29 is 9.18 Å². The Hall–Kier alpha value is -3.03. The Morgan fingerprint density at radius 2 is 1.80 bits per heavy atom. The summed E-state index contributed by atoms with van der Waals surface area (Å²) in [5.74, 6) is 0.132. The van der Waals surface area contributed by atoms with Crippen LogP contribution in [0.2, 0.25) is 0 Å². The predicted molar refractivity (Wildman–Crippen MR) is 123 cm³/mol. The van der Waals surface area contributed by atoms with E-state index >= 15 is 0 Å². The van der Waals surface area contributed by atoms with Crippen LogP contribution < -0.4 is 5.01 Å². The van der Waals surface area contributed by atoms with Gasteiger partial charge in [0, 0.05) is 17.1 Å². The average Bonchev–Trinajstić information content (AvgIpc) is 3.18. The van der Waals surface area contributed by atoms with E-state index in [0.717, 1.165) is 10.5 Å². The van der Waals surface area contributed by atoms with Crippen molar-refractivity contribution >= 4 is 50.6 Å². The summed E-state index contributed by atoms with van der Waals surface area (Å²) < 4.78 is 14.2. The van der Waals surface area contributed by atoms with E-state index in [1.54, 1.807) is 24.0 Å². The van der Waals surface area contributed by atoms with E-state index in [1.165, 1.54) is 28.5 Å². The minimum Gasteiger partial charge on any atom is -0.272 e. The Balaban J connectivity index is 1.55. The molecule has 0 fully saturated rings. The van der Waals surface area contributed by atoms with E-state index in [2.05, 4.69) is 10.1 Å². The average molecular weight is 436 g/mol. The maximum absolute atomic E-state index is 13.6. The maximum atomic E-state index is 13.6. The Morgan fingerprint density at radius 3 is 2.57 bits per heavy atom. The Morgan fingerprint density at radius 1 is 1.07 bits per heavy atom. The van der Waals surface area contributed by atoms with Crippen LogP contribution in [0.3, 0.4) is 0 Å². The molecule has 4 rings (SSSR count). The van der Waals surface area contributed by atoms with Crippen LogP contribution in [0.25, 0.3) is 10.2 Å². The van der Waals surface area contributed by atoms with Gasteiger partial charge in [-0.2, -0.15) is 10.1 Å². The molecule has 3 aromatic carbocycles. The van der Waals surface area contributed by atoms with Gasteiger partial charge in [0.2, 0.25) is 11.0 Å². The zero-order chi connectivity index (χ0) is 20.8. The molecule has 4 aromatic rings. The molecule has 0 aliphatic heterocycles. The molecule has 0 aliphatic rings. The lowest BCUT2D eigenvalue weighted by Crippen LogP contribution is -2.25. The summed E-state index contributed by atoms with van der Waals surface area (Å²) in [6.45, 7) is 0. The van der Waals surface area contributed by atoms with Gasteiger partial charge < -0.3 is 0 Å². The minimum absolute atomic E-state index is 0.162. The monoisotopic (exact) mass is 435 g/mol. The van der Waals surface area contributed by atoms with Gasteiger partial charge in [0.05, 0.1) is 16.4 Å². The molecule has 0 saturated carbocycles. The molecule has 0 aliphatic carbocycles. The molecule has 1 aromatic heterocycles. The lowest BCUT2D eigenvalue weighted by molar-refractivity contribution is -0.118. The van der Waals surface area contributed by atoms with Crippen LogP contribution in [0.1, 0.15) is 12.0 Å². The lowest BCUT2D eigenvalue weighted by atomic mass is 10.2. The molecule has 150 valence electrons. The van der Waals surface area contributed by atoms with E-state index in [9.17, 15) is 9.18 Å². The zero-order valence-corrected chi connectivity index (χ0v) is 17.6. The molecule has 1 amide bonds. The molecule has 0 N–H and O–H groups in total. The Kier molecular flexibility index (Phi) is 6.51. The highest BCUT2D eigenvalue weighted by Crippen LogP contribution is 2.30. The number of anilines is 1. The highest BCUT2D eigenvalue weighted by molar-refractivity contribution is 7.99. The fourth-order valence-corrected chi connectivity index (χ4v) is 4.57. The van der Waals surface area contributed by atoms with Crippen molar-refractivity contribution in [2.24, 2.45) is 5.10 Å². The van der Waals surface area contributed by atoms with Crippen LogP contribution >= 0.6 is 23.1 Å². The molecule has 0 spiro atoms. The summed E-state index contributed by atoms with van der Waals surface area (Å²) in [6, 6.07) is 23.9. The standard InChI is InChI=1S/C23H18FN3OS2/c24-18-11-12-20-21(15-18)30-23(26-20)27(25-16-17-7-3-1-4-8-17)22(28)13-14-29-19-9-5-2-6-10-19/h1-12,15-16H,13-14H2/b25-16+. The lowest BCUT2D eigenvalue weighted by Gasteiger charge is -2.13. The first-order valence-electron chi connectivity index (χ1n) is 9.35. The number of amides is 1. The van der Waals surface area contributed by atoms with Crippen molar-refractivity contribution in [1.82, 2.24) is 4.98 Å². The van der Waals surface area contributed by atoms with Gasteiger partial charge in [-0.25, -0.2) is 9.37 Å². The molecule has 0 bridgehead atoms. The van der Waals surface area contributed by atoms with Crippen LogP contribution in [-0.2, 0) is 4.79 Å². The Labute approximate surface area is 182 Å². The maximum Gasteiger partial charge on any atom is 0.250 e. The summed E-state index contributed by atoms with van der Waals surface area (Å²) in [5, 5.41) is 6.16. The molecule has 0 saturated heterocycles. The molecule has 1 heterocycles. The number of thioether (sulfide) groups is 1. The highest BCUT2D eigenvalue weighted by atomic mass is 32.2. The van der Waals surface area contributed by atoms with Crippen LogP contribution in [0, 0.1) is 5.82 Å². The van der Waals surface area contributed by atoms with Gasteiger partial charge in [0.25, 0.3) is 0 Å². The molecule has 0 unspecified atom stereocenters. The number of aromatic nitrogens is 1. The fraction of sp³-hybridized carbons (Fsp3) is 0.0870. The zero-order valence-electron chi connectivity index (χ0n) is 15.9. The van der Waals surface area contributed by atoms with Gasteiger partial charge in [0.15, 0.2) is 0 Å². The molecule has 0 atom stereocenters. The van der Waals surface area contributed by atoms with Crippen molar-refractivity contribution in [3.8, 4) is 0 Å². The number of benzene rings is 3. The van der Waals surface area contributed by atoms with Crippen molar-refractivity contribution in [3.05, 3.63) is 90.2 Å². The topological polar surface area (TPSA) is 45.6 Å². The first-order chi connectivity index (χ1) is 14.7. The second kappa shape index (κ2) is 9.65. The summed E-state index contributed by atoms with van der Waals surface area (Å²) in [6.07, 6.45) is 1.94. The quantitative estimate of drug-likeness (QED) is 0.204. The van der Waals surface area contributed by atoms with Crippen LogP contribution in [0.4, 0.5) is 9.52 Å². The molecule has 30 heavy (non-hydrogen) atoms. The van der Waals surface area contributed by atoms with Gasteiger partial charge >= 0.3 is 0 Å². The Bertz CT molecular complexity index is 1160. The molecule has 4 nitrogen and oxygen atoms in total. The van der Waals surface area contributed by atoms with Gasteiger partial charge in [-0.15, -0.1) is 11.8 Å². The van der Waals surface area contributed by atoms with Crippen molar-refractivity contribution in [2.45, 2.75) is 11.3 Å². The van der Waals surface area contributed by atoms with Crippen molar-refractivity contribution in [2.75, 3.05) is 10.8 Å². The third-order valence-electron chi connectivity index (χ3n) is 4.21. The van der Waals surface area contributed by atoms with E-state index in [4.69, 9.17) is 0 Å². The smallest absolute Gasteiger partial charge is 0.250 e. The van der Waals surface area contributed by atoms with Gasteiger partial charge in [-0.1, -0.05) is 59.9 Å². The number of thiazole rings is 1. The first kappa shape index (κ1) is 20.3. The minimum atomic E-state index is -0.331. The molecular formula is C23H18FN3OS2. The van der Waals surface area contributed by atoms with E-state index in [0.29, 0.717) is 27.5 Å². The number of rotatable bonds is 7. The number of hydrazone groups is 1. The van der Waals surface area contributed by atoms with Crippen LogP contribution in [0.5, 0.6) is 0 Å². The van der Waals surface area contributed by atoms with E-state index in [-0.39, 0.29) is 11.7 Å². The molecule has 7 heteroatoms. The second-order valence-corrected chi connectivity index (χ2v) is 8.56. The number of carbonyl (C=O) groups is 1. The van der Waals surface area contributed by atoms with E-state index in [1.807, 2.05) is 60.7 Å². The van der Waals surface area contributed by atoms with Crippen molar-refractivity contribution in [3.63, 3.8) is 0 Å². The molecule has 0 radical (unpaired) electrons. The SMILES string of the molecule is O=C(CCSc1ccccc1)N(/N=C/c1ccccc1)c1nc2ccc(F)cc2s1. The summed E-state index contributed by atoms with van der Waals surface area (Å²) >= 11 is 2.86. The van der Waals surface area contributed by atoms with Crippen molar-refractivity contribution in [1.29, 1.82) is 0 Å². The summed E-state index contributed by atoms with van der Waals surface area (Å²) in [7, 11) is 0. The summed E-state index contributed by atoms with van der Waals surface area (Å²) in [4.78, 5) is 18.6.